The van der Waals surface area contributed by atoms with Crippen molar-refractivity contribution < 1.29 is 14.9 Å². The molecule has 0 radical (unpaired) electrons. The third kappa shape index (κ3) is 2.57. The smallest absolute Gasteiger partial charge is 0.127 e. The molecule has 0 saturated carbocycles. The predicted octanol–water partition coefficient (Wildman–Crippen LogP) is -0.541. The lowest BCUT2D eigenvalue weighted by atomic mass is 10.0. The summed E-state index contributed by atoms with van der Waals surface area (Å²) in [7, 11) is 2.26. The van der Waals surface area contributed by atoms with Crippen molar-refractivity contribution in [3.8, 4) is 5.75 Å². The third-order valence-electron chi connectivity index (χ3n) is 4.25. The molecule has 19 heavy (non-hydrogen) atoms. The number of benzene rings is 2. The zero-order valence-corrected chi connectivity index (χ0v) is 11.4. The number of nitrogens with one attached hydrogen (secondary N) is 2. The Kier molecular flexibility index (Phi) is 3.40. The van der Waals surface area contributed by atoms with Gasteiger partial charge in [-0.15, -0.1) is 0 Å². The fourth-order valence-electron chi connectivity index (χ4n) is 2.97. The van der Waals surface area contributed by atoms with E-state index in [0.717, 1.165) is 12.1 Å². The number of piperazine rings is 1. The van der Waals surface area contributed by atoms with Crippen molar-refractivity contribution in [1.82, 2.24) is 0 Å². The Labute approximate surface area is 114 Å². The number of quaternary nitrogens is 2. The zero-order valence-electron chi connectivity index (χ0n) is 11.4. The molecule has 0 atom stereocenters. The van der Waals surface area contributed by atoms with E-state index >= 15 is 0 Å². The molecule has 2 aromatic rings. The van der Waals surface area contributed by atoms with Crippen molar-refractivity contribution in [3.05, 3.63) is 42.0 Å². The Balaban J connectivity index is 1.89. The number of phenols is 1. The Morgan fingerprint density at radius 2 is 1.74 bits per heavy atom. The van der Waals surface area contributed by atoms with Gasteiger partial charge in [0.05, 0.1) is 12.6 Å². The summed E-state index contributed by atoms with van der Waals surface area (Å²) in [6.45, 7) is 5.76. The van der Waals surface area contributed by atoms with Gasteiger partial charge in [-0.1, -0.05) is 30.3 Å². The lowest BCUT2D eigenvalue weighted by molar-refractivity contribution is -1.01. The van der Waals surface area contributed by atoms with Crippen LogP contribution in [0.25, 0.3) is 10.8 Å². The summed E-state index contributed by atoms with van der Waals surface area (Å²) < 4.78 is 0. The van der Waals surface area contributed by atoms with E-state index in [1.54, 1.807) is 9.80 Å². The monoisotopic (exact) mass is 258 g/mol. The number of fused-ring (bicyclic) bond motifs is 1. The van der Waals surface area contributed by atoms with Crippen LogP contribution in [-0.4, -0.2) is 38.3 Å². The minimum absolute atomic E-state index is 0.442. The van der Waals surface area contributed by atoms with Crippen LogP contribution < -0.4 is 9.80 Å². The third-order valence-corrected chi connectivity index (χ3v) is 4.25. The molecular weight excluding hydrogens is 236 g/mol. The maximum absolute atomic E-state index is 10.2. The first-order valence-corrected chi connectivity index (χ1v) is 7.08. The van der Waals surface area contributed by atoms with Crippen LogP contribution in [0.1, 0.15) is 5.56 Å². The number of aromatic hydroxyl groups is 1. The summed E-state index contributed by atoms with van der Waals surface area (Å²) in [6.07, 6.45) is 0. The molecule has 1 aliphatic rings. The second kappa shape index (κ2) is 5.19. The minimum atomic E-state index is 0.442. The van der Waals surface area contributed by atoms with Gasteiger partial charge in [-0.3, -0.25) is 0 Å². The molecule has 0 spiro atoms. The molecule has 1 fully saturated rings. The molecule has 3 rings (SSSR count). The molecule has 100 valence electrons. The summed E-state index contributed by atoms with van der Waals surface area (Å²) in [4.78, 5) is 3.20. The summed E-state index contributed by atoms with van der Waals surface area (Å²) >= 11 is 0. The first-order chi connectivity index (χ1) is 9.24. The van der Waals surface area contributed by atoms with E-state index < -0.39 is 0 Å². The van der Waals surface area contributed by atoms with Crippen LogP contribution in [0.5, 0.6) is 5.75 Å². The Morgan fingerprint density at radius 1 is 1.00 bits per heavy atom. The molecule has 3 heteroatoms. The average Bonchev–Trinajstić information content (AvgIpc) is 2.44. The highest BCUT2D eigenvalue weighted by Gasteiger charge is 2.21. The quantitative estimate of drug-likeness (QED) is 0.663. The van der Waals surface area contributed by atoms with E-state index in [0.29, 0.717) is 5.75 Å². The standard InChI is InChI=1S/C16H20N2O/c1-17-8-10-18(11-9-17)12-15-14-5-3-2-4-13(14)6-7-16(15)19/h2-7,19H,8-12H2,1H3/p+2. The molecule has 3 N–H and O–H groups in total. The van der Waals surface area contributed by atoms with Gasteiger partial charge in [-0.25, -0.2) is 0 Å². The minimum Gasteiger partial charge on any atom is -0.507 e. The lowest BCUT2D eigenvalue weighted by Gasteiger charge is -2.27. The molecule has 1 saturated heterocycles. The van der Waals surface area contributed by atoms with Gasteiger partial charge in [0.15, 0.2) is 0 Å². The molecular formula is C16H22N2O+2. The van der Waals surface area contributed by atoms with Crippen LogP contribution in [0.2, 0.25) is 0 Å². The van der Waals surface area contributed by atoms with Crippen molar-refractivity contribution in [2.75, 3.05) is 33.2 Å². The average molecular weight is 258 g/mol. The van der Waals surface area contributed by atoms with Gasteiger partial charge in [0.25, 0.3) is 0 Å². The number of phenolic OH excluding ortho intramolecular Hbond substituents is 1. The highest BCUT2D eigenvalue weighted by atomic mass is 16.3. The van der Waals surface area contributed by atoms with Crippen LogP contribution in [0.3, 0.4) is 0 Å². The largest absolute Gasteiger partial charge is 0.507 e. The maximum Gasteiger partial charge on any atom is 0.127 e. The van der Waals surface area contributed by atoms with Crippen molar-refractivity contribution in [1.29, 1.82) is 0 Å². The van der Waals surface area contributed by atoms with Crippen molar-refractivity contribution in [2.24, 2.45) is 0 Å². The van der Waals surface area contributed by atoms with E-state index in [2.05, 4.69) is 31.3 Å². The van der Waals surface area contributed by atoms with Gasteiger partial charge in [-0.05, 0) is 16.8 Å². The Morgan fingerprint density at radius 3 is 2.53 bits per heavy atom. The number of rotatable bonds is 2. The van der Waals surface area contributed by atoms with Gasteiger partial charge in [0.2, 0.25) is 0 Å². The first kappa shape index (κ1) is 12.5. The fourth-order valence-corrected chi connectivity index (χ4v) is 2.97. The predicted molar refractivity (Wildman–Crippen MR) is 76.6 cm³/mol. The fraction of sp³-hybridized carbons (Fsp3) is 0.375. The van der Waals surface area contributed by atoms with Gasteiger partial charge in [0.1, 0.15) is 38.5 Å². The molecule has 1 heterocycles. The molecule has 0 aromatic heterocycles. The van der Waals surface area contributed by atoms with Crippen LogP contribution in [-0.2, 0) is 6.54 Å². The Hall–Kier alpha value is -1.58. The summed E-state index contributed by atoms with van der Waals surface area (Å²) in [6, 6.07) is 12.2. The summed E-state index contributed by atoms with van der Waals surface area (Å²) in [5, 5.41) is 12.6. The molecule has 0 unspecified atom stereocenters. The second-order valence-electron chi connectivity index (χ2n) is 5.67. The van der Waals surface area contributed by atoms with Crippen LogP contribution >= 0.6 is 0 Å². The topological polar surface area (TPSA) is 29.1 Å². The van der Waals surface area contributed by atoms with E-state index in [9.17, 15) is 5.11 Å². The summed E-state index contributed by atoms with van der Waals surface area (Å²) in [5.41, 5.74) is 1.10. The highest BCUT2D eigenvalue weighted by Crippen LogP contribution is 2.26. The maximum atomic E-state index is 10.2. The second-order valence-corrected chi connectivity index (χ2v) is 5.67. The van der Waals surface area contributed by atoms with Gasteiger partial charge in [0, 0.05) is 0 Å². The van der Waals surface area contributed by atoms with E-state index in [1.165, 1.54) is 37.0 Å². The Bertz CT molecular complexity index is 574. The van der Waals surface area contributed by atoms with Crippen molar-refractivity contribution >= 4 is 10.8 Å². The molecule has 0 amide bonds. The number of hydrogen-bond acceptors (Lipinski definition) is 1. The van der Waals surface area contributed by atoms with Crippen molar-refractivity contribution in [3.63, 3.8) is 0 Å². The number of hydrogen-bond donors (Lipinski definition) is 3. The van der Waals surface area contributed by atoms with E-state index in [1.807, 2.05) is 12.1 Å². The molecule has 0 bridgehead atoms. The lowest BCUT2D eigenvalue weighted by Crippen LogP contribution is -3.26. The van der Waals surface area contributed by atoms with Crippen LogP contribution in [0.4, 0.5) is 0 Å². The van der Waals surface area contributed by atoms with Crippen LogP contribution in [0, 0.1) is 0 Å². The van der Waals surface area contributed by atoms with Gasteiger partial charge < -0.3 is 14.9 Å². The first-order valence-electron chi connectivity index (χ1n) is 7.08. The SMILES string of the molecule is C[NH+]1CC[NH+](Cc2c(O)ccc3ccccc23)CC1. The summed E-state index contributed by atoms with van der Waals surface area (Å²) in [5.74, 6) is 0.442. The molecule has 2 aromatic carbocycles. The van der Waals surface area contributed by atoms with E-state index in [-0.39, 0.29) is 0 Å². The zero-order chi connectivity index (χ0) is 13.2. The van der Waals surface area contributed by atoms with E-state index in [4.69, 9.17) is 0 Å². The highest BCUT2D eigenvalue weighted by molar-refractivity contribution is 5.87. The normalized spacial score (nSPS) is 23.6. The van der Waals surface area contributed by atoms with Crippen molar-refractivity contribution in [2.45, 2.75) is 6.54 Å². The molecule has 1 aliphatic heterocycles. The van der Waals surface area contributed by atoms with Gasteiger partial charge in [-0.2, -0.15) is 0 Å². The molecule has 3 nitrogen and oxygen atoms in total. The van der Waals surface area contributed by atoms with Crippen LogP contribution in [0.15, 0.2) is 36.4 Å². The van der Waals surface area contributed by atoms with Gasteiger partial charge >= 0.3 is 0 Å². The molecule has 0 aliphatic carbocycles. The number of likely N-dealkylation sites (N-methyl/N-ethyl adjacent to an activating group) is 1.